The minimum Gasteiger partial charge on any atom is -0.327 e. The maximum atomic E-state index is 12.2. The largest absolute Gasteiger partial charge is 0.416 e. The fraction of sp³-hybridized carbons (Fsp3) is 0.273. The predicted octanol–water partition coefficient (Wildman–Crippen LogP) is 2.76. The lowest BCUT2D eigenvalue weighted by molar-refractivity contribution is -0.137. The van der Waals surface area contributed by atoms with Gasteiger partial charge in [-0.3, -0.25) is 0 Å². The second-order valence-electron chi connectivity index (χ2n) is 3.11. The number of hydrogen-bond acceptors (Lipinski definition) is 1. The van der Waals surface area contributed by atoms with E-state index < -0.39 is 11.7 Å². The average molecular weight is 215 g/mol. The first-order chi connectivity index (χ1) is 7.04. The van der Waals surface area contributed by atoms with E-state index in [1.165, 1.54) is 12.1 Å². The van der Waals surface area contributed by atoms with Gasteiger partial charge in [0, 0.05) is 6.54 Å². The van der Waals surface area contributed by atoms with Crippen molar-refractivity contribution in [2.24, 2.45) is 5.73 Å². The first-order valence-corrected chi connectivity index (χ1v) is 4.55. The van der Waals surface area contributed by atoms with E-state index in [0.717, 1.165) is 17.7 Å². The third-order valence-electron chi connectivity index (χ3n) is 1.94. The van der Waals surface area contributed by atoms with Crippen LogP contribution in [0.15, 0.2) is 36.4 Å². The van der Waals surface area contributed by atoms with E-state index >= 15 is 0 Å². The van der Waals surface area contributed by atoms with Crippen molar-refractivity contribution in [1.29, 1.82) is 0 Å². The van der Waals surface area contributed by atoms with Gasteiger partial charge in [-0.2, -0.15) is 13.2 Å². The van der Waals surface area contributed by atoms with Crippen LogP contribution in [-0.4, -0.2) is 6.54 Å². The van der Waals surface area contributed by atoms with Gasteiger partial charge in [0.15, 0.2) is 0 Å². The van der Waals surface area contributed by atoms with E-state index in [-0.39, 0.29) is 0 Å². The van der Waals surface area contributed by atoms with E-state index in [4.69, 9.17) is 5.73 Å². The molecule has 0 fully saturated rings. The zero-order valence-corrected chi connectivity index (χ0v) is 8.09. The summed E-state index contributed by atoms with van der Waals surface area (Å²) in [6.45, 7) is 0.445. The molecular formula is C11H12F3N. The smallest absolute Gasteiger partial charge is 0.327 e. The van der Waals surface area contributed by atoms with Crippen molar-refractivity contribution >= 4 is 0 Å². The second-order valence-corrected chi connectivity index (χ2v) is 3.11. The van der Waals surface area contributed by atoms with Gasteiger partial charge < -0.3 is 5.73 Å². The summed E-state index contributed by atoms with van der Waals surface area (Å²) in [5.74, 6) is 0. The van der Waals surface area contributed by atoms with Crippen LogP contribution < -0.4 is 5.73 Å². The topological polar surface area (TPSA) is 26.0 Å². The molecule has 0 saturated carbocycles. The van der Waals surface area contributed by atoms with E-state index in [1.807, 2.05) is 6.08 Å². The summed E-state index contributed by atoms with van der Waals surface area (Å²) in [5, 5.41) is 0. The molecule has 0 aliphatic rings. The molecule has 0 amide bonds. The standard InChI is InChI=1S/C11H12F3N/c12-11(13,14)10-6-4-9(5-7-10)3-1-2-8-15/h1-2,4-7H,3,8,15H2/b2-1+. The first kappa shape index (κ1) is 11.8. The second kappa shape index (κ2) is 4.98. The molecule has 0 aliphatic heterocycles. The summed E-state index contributed by atoms with van der Waals surface area (Å²) < 4.78 is 36.6. The molecule has 0 saturated heterocycles. The molecule has 0 radical (unpaired) electrons. The summed E-state index contributed by atoms with van der Waals surface area (Å²) in [7, 11) is 0. The van der Waals surface area contributed by atoms with Crippen molar-refractivity contribution in [3.8, 4) is 0 Å². The highest BCUT2D eigenvalue weighted by atomic mass is 19.4. The molecule has 0 atom stereocenters. The molecule has 0 aromatic heterocycles. The molecule has 1 aromatic rings. The zero-order valence-electron chi connectivity index (χ0n) is 8.09. The molecule has 1 aromatic carbocycles. The van der Waals surface area contributed by atoms with Gasteiger partial charge in [-0.05, 0) is 24.1 Å². The van der Waals surface area contributed by atoms with E-state index in [0.29, 0.717) is 13.0 Å². The predicted molar refractivity (Wildman–Crippen MR) is 53.3 cm³/mol. The molecule has 2 N–H and O–H groups in total. The highest BCUT2D eigenvalue weighted by Crippen LogP contribution is 2.29. The average Bonchev–Trinajstić information content (AvgIpc) is 2.18. The molecule has 82 valence electrons. The molecule has 1 rings (SSSR count). The lowest BCUT2D eigenvalue weighted by atomic mass is 10.1. The number of alkyl halides is 3. The van der Waals surface area contributed by atoms with Gasteiger partial charge in [0.25, 0.3) is 0 Å². The Balaban J connectivity index is 2.69. The van der Waals surface area contributed by atoms with Gasteiger partial charge in [-0.1, -0.05) is 24.3 Å². The molecule has 0 heterocycles. The van der Waals surface area contributed by atoms with Crippen molar-refractivity contribution < 1.29 is 13.2 Å². The number of halogens is 3. The van der Waals surface area contributed by atoms with Crippen molar-refractivity contribution in [3.63, 3.8) is 0 Å². The number of rotatable bonds is 3. The minimum absolute atomic E-state index is 0.445. The highest BCUT2D eigenvalue weighted by molar-refractivity contribution is 5.25. The number of allylic oxidation sites excluding steroid dienone is 1. The fourth-order valence-corrected chi connectivity index (χ4v) is 1.15. The van der Waals surface area contributed by atoms with E-state index in [1.54, 1.807) is 6.08 Å². The normalized spacial score (nSPS) is 12.3. The maximum Gasteiger partial charge on any atom is 0.416 e. The Labute approximate surface area is 86.4 Å². The van der Waals surface area contributed by atoms with E-state index in [2.05, 4.69) is 0 Å². The molecule has 4 heteroatoms. The van der Waals surface area contributed by atoms with Crippen LogP contribution in [0.1, 0.15) is 11.1 Å². The quantitative estimate of drug-likeness (QED) is 0.771. The van der Waals surface area contributed by atoms with Gasteiger partial charge >= 0.3 is 6.18 Å². The molecule has 0 spiro atoms. The van der Waals surface area contributed by atoms with Crippen LogP contribution in [0.2, 0.25) is 0 Å². The van der Waals surface area contributed by atoms with Gasteiger partial charge in [-0.15, -0.1) is 0 Å². The molecular weight excluding hydrogens is 203 g/mol. The molecule has 0 aliphatic carbocycles. The van der Waals surface area contributed by atoms with Gasteiger partial charge in [0.1, 0.15) is 0 Å². The fourth-order valence-electron chi connectivity index (χ4n) is 1.15. The van der Waals surface area contributed by atoms with Crippen LogP contribution in [0.25, 0.3) is 0 Å². The number of benzene rings is 1. The van der Waals surface area contributed by atoms with Gasteiger partial charge in [0.05, 0.1) is 5.56 Å². The Kier molecular flexibility index (Phi) is 3.91. The van der Waals surface area contributed by atoms with Crippen molar-refractivity contribution in [3.05, 3.63) is 47.5 Å². The monoisotopic (exact) mass is 215 g/mol. The van der Waals surface area contributed by atoms with Crippen molar-refractivity contribution in [1.82, 2.24) is 0 Å². The lowest BCUT2D eigenvalue weighted by Crippen LogP contribution is -2.04. The summed E-state index contributed by atoms with van der Waals surface area (Å²) in [6, 6.07) is 5.13. The maximum absolute atomic E-state index is 12.2. The van der Waals surface area contributed by atoms with E-state index in [9.17, 15) is 13.2 Å². The molecule has 1 nitrogen and oxygen atoms in total. The number of nitrogens with two attached hydrogens (primary N) is 1. The molecule has 0 bridgehead atoms. The van der Waals surface area contributed by atoms with Crippen LogP contribution in [0.3, 0.4) is 0 Å². The van der Waals surface area contributed by atoms with Crippen LogP contribution in [-0.2, 0) is 12.6 Å². The Morgan fingerprint density at radius 1 is 1.07 bits per heavy atom. The van der Waals surface area contributed by atoms with Crippen molar-refractivity contribution in [2.45, 2.75) is 12.6 Å². The Hall–Kier alpha value is -1.29. The first-order valence-electron chi connectivity index (χ1n) is 4.55. The Morgan fingerprint density at radius 3 is 2.13 bits per heavy atom. The summed E-state index contributed by atoms with van der Waals surface area (Å²) in [4.78, 5) is 0. The Morgan fingerprint density at radius 2 is 1.67 bits per heavy atom. The van der Waals surface area contributed by atoms with Crippen LogP contribution >= 0.6 is 0 Å². The van der Waals surface area contributed by atoms with Gasteiger partial charge in [-0.25, -0.2) is 0 Å². The molecule has 0 unspecified atom stereocenters. The molecule has 15 heavy (non-hydrogen) atoms. The minimum atomic E-state index is -4.26. The summed E-state index contributed by atoms with van der Waals surface area (Å²) in [6.07, 6.45) is -0.0404. The zero-order chi connectivity index (χ0) is 11.3. The van der Waals surface area contributed by atoms with Crippen LogP contribution in [0.5, 0.6) is 0 Å². The third kappa shape index (κ3) is 3.75. The van der Waals surface area contributed by atoms with Gasteiger partial charge in [0.2, 0.25) is 0 Å². The van der Waals surface area contributed by atoms with Crippen LogP contribution in [0, 0.1) is 0 Å². The van der Waals surface area contributed by atoms with Crippen LogP contribution in [0.4, 0.5) is 13.2 Å². The SMILES string of the molecule is NC/C=C/Cc1ccc(C(F)(F)F)cc1. The third-order valence-corrected chi connectivity index (χ3v) is 1.94. The Bertz CT molecular complexity index is 325. The summed E-state index contributed by atoms with van der Waals surface area (Å²) >= 11 is 0. The number of hydrogen-bond donors (Lipinski definition) is 1. The summed E-state index contributed by atoms with van der Waals surface area (Å²) in [5.41, 5.74) is 5.46. The highest BCUT2D eigenvalue weighted by Gasteiger charge is 2.29. The van der Waals surface area contributed by atoms with Crippen molar-refractivity contribution in [2.75, 3.05) is 6.54 Å². The lowest BCUT2D eigenvalue weighted by Gasteiger charge is -2.06.